The van der Waals surface area contributed by atoms with Crippen LogP contribution in [-0.2, 0) is 11.3 Å². The summed E-state index contributed by atoms with van der Waals surface area (Å²) < 4.78 is 11.7. The van der Waals surface area contributed by atoms with Crippen molar-refractivity contribution in [3.63, 3.8) is 0 Å². The third-order valence-electron chi connectivity index (χ3n) is 5.62. The molecule has 5 heteroatoms. The molecule has 0 radical (unpaired) electrons. The van der Waals surface area contributed by atoms with Crippen LogP contribution in [0, 0.1) is 11.8 Å². The second-order valence-electron chi connectivity index (χ2n) is 7.45. The van der Waals surface area contributed by atoms with Crippen LogP contribution in [0.25, 0.3) is 0 Å². The van der Waals surface area contributed by atoms with Crippen molar-refractivity contribution in [3.8, 4) is 11.5 Å². The van der Waals surface area contributed by atoms with Crippen molar-refractivity contribution in [1.82, 2.24) is 4.90 Å². The minimum absolute atomic E-state index is 0.279. The van der Waals surface area contributed by atoms with Gasteiger partial charge in [0, 0.05) is 31.1 Å². The fraction of sp³-hybridized carbons (Fsp3) is 0.409. The number of rotatable bonds is 7. The van der Waals surface area contributed by atoms with Crippen molar-refractivity contribution in [3.05, 3.63) is 60.2 Å². The lowest BCUT2D eigenvalue weighted by Gasteiger charge is -2.22. The van der Waals surface area contributed by atoms with Crippen LogP contribution in [-0.4, -0.2) is 41.8 Å². The van der Waals surface area contributed by atoms with Gasteiger partial charge in [-0.1, -0.05) is 36.4 Å². The van der Waals surface area contributed by atoms with Gasteiger partial charge >= 0.3 is 5.97 Å². The van der Waals surface area contributed by atoms with Crippen LogP contribution in [0.3, 0.4) is 0 Å². The molecular formula is C22H25NO4. The summed E-state index contributed by atoms with van der Waals surface area (Å²) in [6.45, 7) is 2.54. The number of benzene rings is 2. The second-order valence-corrected chi connectivity index (χ2v) is 7.45. The number of aliphatic carboxylic acids is 1. The second kappa shape index (κ2) is 8.01. The van der Waals surface area contributed by atoms with Gasteiger partial charge in [-0.25, -0.2) is 4.79 Å². The third kappa shape index (κ3) is 4.25. The van der Waals surface area contributed by atoms with E-state index in [1.54, 1.807) is 0 Å². The number of carboxylic acid groups (broad SMARTS) is 1. The van der Waals surface area contributed by atoms with E-state index in [4.69, 9.17) is 14.6 Å². The number of carboxylic acids is 1. The minimum Gasteiger partial charge on any atom is -0.490 e. The Bertz CT molecular complexity index is 779. The minimum atomic E-state index is -0.957. The Balaban J connectivity index is 1.38. The highest BCUT2D eigenvalue weighted by Gasteiger charge is 2.43. The quantitative estimate of drug-likeness (QED) is 0.812. The number of hydrogen-bond acceptors (Lipinski definition) is 4. The van der Waals surface area contributed by atoms with Gasteiger partial charge in [-0.15, -0.1) is 0 Å². The van der Waals surface area contributed by atoms with Crippen LogP contribution >= 0.6 is 0 Å². The maximum absolute atomic E-state index is 10.8. The SMILES string of the molecule is O=C(O)COc1ccccc1CN1C[C@@H]2CC[C@H](Oc3ccccc3)[C@@H]2C1. The molecule has 1 aliphatic heterocycles. The molecule has 5 nitrogen and oxygen atoms in total. The fourth-order valence-corrected chi connectivity index (χ4v) is 4.41. The molecule has 142 valence electrons. The average Bonchev–Trinajstić information content (AvgIpc) is 3.23. The lowest BCUT2D eigenvalue weighted by atomic mass is 9.99. The molecule has 0 bridgehead atoms. The first kappa shape index (κ1) is 17.9. The molecular weight excluding hydrogens is 342 g/mol. The van der Waals surface area contributed by atoms with Crippen molar-refractivity contribution in [2.45, 2.75) is 25.5 Å². The van der Waals surface area contributed by atoms with Crippen molar-refractivity contribution < 1.29 is 19.4 Å². The Labute approximate surface area is 159 Å². The summed E-state index contributed by atoms with van der Waals surface area (Å²) in [6, 6.07) is 17.8. The lowest BCUT2D eigenvalue weighted by molar-refractivity contribution is -0.139. The number of fused-ring (bicyclic) bond motifs is 1. The van der Waals surface area contributed by atoms with Gasteiger partial charge in [-0.05, 0) is 37.0 Å². The number of para-hydroxylation sites is 2. The topological polar surface area (TPSA) is 59.0 Å². The van der Waals surface area contributed by atoms with E-state index in [1.165, 1.54) is 6.42 Å². The Morgan fingerprint density at radius 2 is 1.81 bits per heavy atom. The van der Waals surface area contributed by atoms with Gasteiger partial charge in [-0.3, -0.25) is 4.90 Å². The first-order chi connectivity index (χ1) is 13.2. The largest absolute Gasteiger partial charge is 0.490 e. The van der Waals surface area contributed by atoms with Gasteiger partial charge < -0.3 is 14.6 Å². The fourth-order valence-electron chi connectivity index (χ4n) is 4.41. The molecule has 0 amide bonds. The van der Waals surface area contributed by atoms with Crippen LogP contribution in [0.2, 0.25) is 0 Å². The maximum atomic E-state index is 10.8. The molecule has 0 spiro atoms. The molecule has 2 fully saturated rings. The Morgan fingerprint density at radius 1 is 1.04 bits per heavy atom. The highest BCUT2D eigenvalue weighted by atomic mass is 16.5. The van der Waals surface area contributed by atoms with E-state index in [9.17, 15) is 4.79 Å². The van der Waals surface area contributed by atoms with Crippen molar-refractivity contribution in [1.29, 1.82) is 0 Å². The third-order valence-corrected chi connectivity index (χ3v) is 5.62. The van der Waals surface area contributed by atoms with Crippen LogP contribution < -0.4 is 9.47 Å². The normalized spacial score (nSPS) is 24.5. The molecule has 1 saturated heterocycles. The molecule has 0 aromatic heterocycles. The van der Waals surface area contributed by atoms with Gasteiger partial charge in [-0.2, -0.15) is 0 Å². The first-order valence-corrected chi connectivity index (χ1v) is 9.55. The van der Waals surface area contributed by atoms with Crippen LogP contribution in [0.15, 0.2) is 54.6 Å². The van der Waals surface area contributed by atoms with Gasteiger partial charge in [0.1, 0.15) is 17.6 Å². The number of carbonyl (C=O) groups is 1. The molecule has 1 heterocycles. The standard InChI is InChI=1S/C22H25NO4/c24-22(25)15-26-20-9-5-4-6-17(20)13-23-12-16-10-11-21(19(16)14-23)27-18-7-2-1-3-8-18/h1-9,16,19,21H,10-15H2,(H,24,25)/t16-,19+,21-/m0/s1. The van der Waals surface area contributed by atoms with Gasteiger partial charge in [0.05, 0.1) is 0 Å². The van der Waals surface area contributed by atoms with E-state index in [1.807, 2.05) is 54.6 Å². The molecule has 4 rings (SSSR count). The summed E-state index contributed by atoms with van der Waals surface area (Å²) >= 11 is 0. The van der Waals surface area contributed by atoms with Gasteiger partial charge in [0.2, 0.25) is 0 Å². The zero-order valence-electron chi connectivity index (χ0n) is 15.3. The molecule has 2 aromatic rings. The van der Waals surface area contributed by atoms with Gasteiger partial charge in [0.25, 0.3) is 0 Å². The zero-order chi connectivity index (χ0) is 18.6. The van der Waals surface area contributed by atoms with Gasteiger partial charge in [0.15, 0.2) is 6.61 Å². The Morgan fingerprint density at radius 3 is 2.63 bits per heavy atom. The number of nitrogens with zero attached hydrogens (tertiary/aromatic N) is 1. The summed E-state index contributed by atoms with van der Waals surface area (Å²) in [5.74, 6) is 1.88. The molecule has 3 atom stereocenters. The average molecular weight is 367 g/mol. The van der Waals surface area contributed by atoms with Crippen molar-refractivity contribution in [2.75, 3.05) is 19.7 Å². The summed E-state index contributed by atoms with van der Waals surface area (Å²) in [7, 11) is 0. The highest BCUT2D eigenvalue weighted by molar-refractivity contribution is 5.68. The van der Waals surface area contributed by atoms with E-state index >= 15 is 0 Å². The maximum Gasteiger partial charge on any atom is 0.341 e. The zero-order valence-corrected chi connectivity index (χ0v) is 15.3. The monoisotopic (exact) mass is 367 g/mol. The predicted molar refractivity (Wildman–Crippen MR) is 102 cm³/mol. The number of likely N-dealkylation sites (tertiary alicyclic amines) is 1. The van der Waals surface area contributed by atoms with Crippen LogP contribution in [0.5, 0.6) is 11.5 Å². The molecule has 0 unspecified atom stereocenters. The smallest absolute Gasteiger partial charge is 0.341 e. The van der Waals surface area contributed by atoms with Crippen LogP contribution in [0.1, 0.15) is 18.4 Å². The molecule has 2 aromatic carbocycles. The Kier molecular flexibility index (Phi) is 5.30. The predicted octanol–water partition coefficient (Wildman–Crippen LogP) is 3.44. The molecule has 1 N–H and O–H groups in total. The lowest BCUT2D eigenvalue weighted by Crippen LogP contribution is -2.28. The Hall–Kier alpha value is -2.53. The first-order valence-electron chi connectivity index (χ1n) is 9.55. The number of hydrogen-bond donors (Lipinski definition) is 1. The van der Waals surface area contributed by atoms with Crippen molar-refractivity contribution in [2.24, 2.45) is 11.8 Å². The van der Waals surface area contributed by atoms with E-state index in [2.05, 4.69) is 4.90 Å². The summed E-state index contributed by atoms with van der Waals surface area (Å²) in [5.41, 5.74) is 1.04. The molecule has 2 aliphatic rings. The molecule has 27 heavy (non-hydrogen) atoms. The molecule has 1 aliphatic carbocycles. The van der Waals surface area contributed by atoms with E-state index in [0.717, 1.165) is 37.4 Å². The van der Waals surface area contributed by atoms with E-state index in [0.29, 0.717) is 17.6 Å². The number of ether oxygens (including phenoxy) is 2. The molecule has 1 saturated carbocycles. The summed E-state index contributed by atoms with van der Waals surface area (Å²) in [5, 5.41) is 8.86. The van der Waals surface area contributed by atoms with Crippen molar-refractivity contribution >= 4 is 5.97 Å². The summed E-state index contributed by atoms with van der Waals surface area (Å²) in [6.07, 6.45) is 2.60. The van der Waals surface area contributed by atoms with E-state index in [-0.39, 0.29) is 12.7 Å². The van der Waals surface area contributed by atoms with Crippen LogP contribution in [0.4, 0.5) is 0 Å². The summed E-state index contributed by atoms with van der Waals surface area (Å²) in [4.78, 5) is 13.2. The van der Waals surface area contributed by atoms with E-state index < -0.39 is 5.97 Å². The highest BCUT2D eigenvalue weighted by Crippen LogP contribution is 2.41.